The molecular formula is C18H21N3O2. The van der Waals surface area contributed by atoms with E-state index in [2.05, 4.69) is 15.6 Å². The highest BCUT2D eigenvalue weighted by atomic mass is 16.5. The lowest BCUT2D eigenvalue weighted by Gasteiger charge is -2.09. The molecule has 1 aliphatic rings. The molecule has 2 heterocycles. The van der Waals surface area contributed by atoms with Crippen LogP contribution in [0.4, 0.5) is 5.69 Å². The zero-order valence-electron chi connectivity index (χ0n) is 13.0. The molecule has 120 valence electrons. The molecule has 1 aliphatic heterocycles. The van der Waals surface area contributed by atoms with Crippen molar-refractivity contribution in [3.8, 4) is 11.6 Å². The molecule has 2 N–H and O–H groups in total. The molecule has 0 aliphatic carbocycles. The maximum absolute atomic E-state index is 12.0. The van der Waals surface area contributed by atoms with Gasteiger partial charge in [-0.2, -0.15) is 0 Å². The van der Waals surface area contributed by atoms with E-state index in [0.717, 1.165) is 25.3 Å². The number of hydrogen-bond acceptors (Lipinski definition) is 4. The van der Waals surface area contributed by atoms with Gasteiger partial charge in [0.05, 0.1) is 11.9 Å². The summed E-state index contributed by atoms with van der Waals surface area (Å²) >= 11 is 0. The number of nitrogens with zero attached hydrogens (tertiary/aromatic N) is 1. The Labute approximate surface area is 136 Å². The molecule has 0 spiro atoms. The molecule has 1 fully saturated rings. The molecule has 1 atom stereocenters. The van der Waals surface area contributed by atoms with Gasteiger partial charge in [-0.1, -0.05) is 18.2 Å². The predicted octanol–water partition coefficient (Wildman–Crippen LogP) is 3.20. The first-order valence-corrected chi connectivity index (χ1v) is 7.99. The van der Waals surface area contributed by atoms with E-state index in [1.165, 1.54) is 6.42 Å². The number of amides is 1. The summed E-state index contributed by atoms with van der Waals surface area (Å²) in [6.45, 7) is 2.10. The zero-order chi connectivity index (χ0) is 15.9. The maximum Gasteiger partial charge on any atom is 0.224 e. The standard InChI is InChI=1S/C18H21N3O2/c22-17(8-6-14-10-11-19-12-14)21-15-7-9-18(20-13-15)23-16-4-2-1-3-5-16/h1-5,7,9,13-14,19H,6,8,10-12H2,(H,21,22). The highest BCUT2D eigenvalue weighted by molar-refractivity contribution is 5.90. The maximum atomic E-state index is 12.0. The van der Waals surface area contributed by atoms with Gasteiger partial charge in [-0.05, 0) is 50.0 Å². The van der Waals surface area contributed by atoms with E-state index in [9.17, 15) is 4.79 Å². The third-order valence-corrected chi connectivity index (χ3v) is 3.93. The number of hydrogen-bond donors (Lipinski definition) is 2. The third kappa shape index (κ3) is 4.79. The van der Waals surface area contributed by atoms with Crippen molar-refractivity contribution in [3.63, 3.8) is 0 Å². The molecule has 3 rings (SSSR count). The van der Waals surface area contributed by atoms with Crippen molar-refractivity contribution in [1.29, 1.82) is 0 Å². The number of pyridine rings is 1. The number of ether oxygens (including phenoxy) is 1. The van der Waals surface area contributed by atoms with Crippen LogP contribution in [0.5, 0.6) is 11.6 Å². The second-order valence-corrected chi connectivity index (χ2v) is 5.75. The van der Waals surface area contributed by atoms with Crippen LogP contribution >= 0.6 is 0 Å². The summed E-state index contributed by atoms with van der Waals surface area (Å²) < 4.78 is 5.62. The molecular weight excluding hydrogens is 290 g/mol. The van der Waals surface area contributed by atoms with Crippen molar-refractivity contribution in [2.45, 2.75) is 19.3 Å². The van der Waals surface area contributed by atoms with Crippen molar-refractivity contribution >= 4 is 11.6 Å². The van der Waals surface area contributed by atoms with Gasteiger partial charge >= 0.3 is 0 Å². The Bertz CT molecular complexity index is 622. The van der Waals surface area contributed by atoms with Crippen molar-refractivity contribution in [2.24, 2.45) is 5.92 Å². The van der Waals surface area contributed by atoms with E-state index in [4.69, 9.17) is 4.74 Å². The Kier molecular flexibility index (Phi) is 5.21. The van der Waals surface area contributed by atoms with Crippen molar-refractivity contribution in [1.82, 2.24) is 10.3 Å². The topological polar surface area (TPSA) is 63.2 Å². The number of nitrogens with one attached hydrogen (secondary N) is 2. The Morgan fingerprint density at radius 3 is 2.83 bits per heavy atom. The van der Waals surface area contributed by atoms with Crippen LogP contribution in [0.25, 0.3) is 0 Å². The second kappa shape index (κ2) is 7.74. The quantitative estimate of drug-likeness (QED) is 0.860. The summed E-state index contributed by atoms with van der Waals surface area (Å²) in [5, 5.41) is 6.20. The summed E-state index contributed by atoms with van der Waals surface area (Å²) in [6.07, 6.45) is 4.27. The smallest absolute Gasteiger partial charge is 0.224 e. The molecule has 1 aromatic carbocycles. The number of anilines is 1. The third-order valence-electron chi connectivity index (χ3n) is 3.93. The van der Waals surface area contributed by atoms with Crippen LogP contribution in [0.15, 0.2) is 48.7 Å². The van der Waals surface area contributed by atoms with Gasteiger partial charge in [0, 0.05) is 12.5 Å². The lowest BCUT2D eigenvalue weighted by Crippen LogP contribution is -2.15. The fraction of sp³-hybridized carbons (Fsp3) is 0.333. The van der Waals surface area contributed by atoms with Gasteiger partial charge < -0.3 is 15.4 Å². The largest absolute Gasteiger partial charge is 0.439 e. The van der Waals surface area contributed by atoms with Gasteiger partial charge in [0.2, 0.25) is 11.8 Å². The minimum Gasteiger partial charge on any atom is -0.439 e. The van der Waals surface area contributed by atoms with Crippen molar-refractivity contribution in [3.05, 3.63) is 48.7 Å². The Morgan fingerprint density at radius 1 is 1.26 bits per heavy atom. The predicted molar refractivity (Wildman–Crippen MR) is 89.6 cm³/mol. The minimum absolute atomic E-state index is 0.0374. The van der Waals surface area contributed by atoms with E-state index in [0.29, 0.717) is 23.9 Å². The van der Waals surface area contributed by atoms with Crippen LogP contribution in [-0.4, -0.2) is 24.0 Å². The molecule has 5 heteroatoms. The number of benzene rings is 1. The first-order valence-electron chi connectivity index (χ1n) is 7.99. The summed E-state index contributed by atoms with van der Waals surface area (Å²) in [6, 6.07) is 13.0. The Morgan fingerprint density at radius 2 is 2.13 bits per heavy atom. The average Bonchev–Trinajstić information content (AvgIpc) is 3.09. The fourth-order valence-electron chi connectivity index (χ4n) is 2.64. The van der Waals surface area contributed by atoms with E-state index in [1.807, 2.05) is 30.3 Å². The number of carbonyl (C=O) groups is 1. The van der Waals surface area contributed by atoms with Gasteiger partial charge in [-0.25, -0.2) is 4.98 Å². The normalized spacial score (nSPS) is 17.0. The van der Waals surface area contributed by atoms with Crippen LogP contribution in [0.3, 0.4) is 0 Å². The fourth-order valence-corrected chi connectivity index (χ4v) is 2.64. The van der Waals surface area contributed by atoms with Crippen LogP contribution in [0.2, 0.25) is 0 Å². The minimum atomic E-state index is 0.0374. The Hall–Kier alpha value is -2.40. The van der Waals surface area contributed by atoms with Crippen LogP contribution < -0.4 is 15.4 Å². The Balaban J connectivity index is 1.47. The first kappa shape index (κ1) is 15.5. The number of rotatable bonds is 6. The van der Waals surface area contributed by atoms with Crippen LogP contribution in [0.1, 0.15) is 19.3 Å². The molecule has 0 radical (unpaired) electrons. The molecule has 5 nitrogen and oxygen atoms in total. The monoisotopic (exact) mass is 311 g/mol. The van der Waals surface area contributed by atoms with E-state index in [1.54, 1.807) is 18.3 Å². The van der Waals surface area contributed by atoms with E-state index >= 15 is 0 Å². The van der Waals surface area contributed by atoms with Gasteiger partial charge in [0.25, 0.3) is 0 Å². The molecule has 1 aromatic heterocycles. The van der Waals surface area contributed by atoms with Crippen molar-refractivity contribution in [2.75, 3.05) is 18.4 Å². The number of aromatic nitrogens is 1. The number of para-hydroxylation sites is 1. The molecule has 23 heavy (non-hydrogen) atoms. The molecule has 1 unspecified atom stereocenters. The van der Waals surface area contributed by atoms with Gasteiger partial charge in [-0.3, -0.25) is 4.79 Å². The summed E-state index contributed by atoms with van der Waals surface area (Å²) in [5.41, 5.74) is 0.694. The van der Waals surface area contributed by atoms with Crippen molar-refractivity contribution < 1.29 is 9.53 Å². The van der Waals surface area contributed by atoms with Crippen LogP contribution in [-0.2, 0) is 4.79 Å². The molecule has 0 saturated carbocycles. The van der Waals surface area contributed by atoms with Crippen LogP contribution in [0, 0.1) is 5.92 Å². The van der Waals surface area contributed by atoms with E-state index in [-0.39, 0.29) is 5.91 Å². The van der Waals surface area contributed by atoms with Gasteiger partial charge in [0.1, 0.15) is 5.75 Å². The van der Waals surface area contributed by atoms with Gasteiger partial charge in [-0.15, -0.1) is 0 Å². The summed E-state index contributed by atoms with van der Waals surface area (Å²) in [5.74, 6) is 1.91. The lowest BCUT2D eigenvalue weighted by molar-refractivity contribution is -0.116. The highest BCUT2D eigenvalue weighted by Crippen LogP contribution is 2.20. The lowest BCUT2D eigenvalue weighted by atomic mass is 10.0. The highest BCUT2D eigenvalue weighted by Gasteiger charge is 2.15. The molecule has 2 aromatic rings. The first-order chi connectivity index (χ1) is 11.3. The van der Waals surface area contributed by atoms with Gasteiger partial charge in [0.15, 0.2) is 0 Å². The summed E-state index contributed by atoms with van der Waals surface area (Å²) in [7, 11) is 0. The molecule has 1 saturated heterocycles. The number of carbonyl (C=O) groups excluding carboxylic acids is 1. The SMILES string of the molecule is O=C(CCC1CCNC1)Nc1ccc(Oc2ccccc2)nc1. The molecule has 0 bridgehead atoms. The second-order valence-electron chi connectivity index (χ2n) is 5.75. The molecule has 1 amide bonds. The summed E-state index contributed by atoms with van der Waals surface area (Å²) in [4.78, 5) is 16.2. The zero-order valence-corrected chi connectivity index (χ0v) is 13.0. The van der Waals surface area contributed by atoms with E-state index < -0.39 is 0 Å². The average molecular weight is 311 g/mol.